The summed E-state index contributed by atoms with van der Waals surface area (Å²) in [5.74, 6) is 0.315. The Kier molecular flexibility index (Phi) is 5.75. The molecule has 4 rings (SSSR count). The molecule has 1 aliphatic heterocycles. The van der Waals surface area contributed by atoms with E-state index in [1.54, 1.807) is 0 Å². The van der Waals surface area contributed by atoms with Crippen molar-refractivity contribution in [2.45, 2.75) is 39.5 Å². The lowest BCUT2D eigenvalue weighted by Gasteiger charge is -2.16. The third-order valence-corrected chi connectivity index (χ3v) is 5.73. The second-order valence-corrected chi connectivity index (χ2v) is 7.80. The molecule has 2 heterocycles. The van der Waals surface area contributed by atoms with Crippen LogP contribution in [0.2, 0.25) is 0 Å². The zero-order valence-corrected chi connectivity index (χ0v) is 17.5. The fourth-order valence-corrected chi connectivity index (χ4v) is 3.93. The first kappa shape index (κ1) is 20.0. The molecule has 4 nitrogen and oxygen atoms in total. The molecule has 0 unspecified atom stereocenters. The monoisotopic (exact) mass is 398 g/mol. The van der Waals surface area contributed by atoms with Crippen LogP contribution in [0.3, 0.4) is 0 Å². The number of benzene rings is 2. The predicted molar refractivity (Wildman–Crippen MR) is 120 cm³/mol. The second kappa shape index (κ2) is 8.62. The van der Waals surface area contributed by atoms with E-state index in [0.29, 0.717) is 19.3 Å². The van der Waals surface area contributed by atoms with Crippen molar-refractivity contribution < 1.29 is 9.59 Å². The number of hydrogen-bond donors (Lipinski definition) is 0. The zero-order valence-electron chi connectivity index (χ0n) is 17.5. The van der Waals surface area contributed by atoms with Gasteiger partial charge in [0.2, 0.25) is 5.91 Å². The van der Waals surface area contributed by atoms with E-state index < -0.39 is 0 Å². The molecule has 152 valence electrons. The molecule has 1 aliphatic rings. The zero-order chi connectivity index (χ0) is 21.1. The highest BCUT2D eigenvalue weighted by atomic mass is 16.2. The largest absolute Gasteiger partial charge is 0.312 e. The van der Waals surface area contributed by atoms with Crippen molar-refractivity contribution in [2.24, 2.45) is 0 Å². The SMILES string of the molecule is CCC(=O)N1CCc2cc(-c3ccc(C(=O)CCc4ccc(C)nc4)cc3)ccc21. The smallest absolute Gasteiger partial charge is 0.226 e. The van der Waals surface area contributed by atoms with Gasteiger partial charge in [-0.1, -0.05) is 43.3 Å². The van der Waals surface area contributed by atoms with Crippen LogP contribution in [0.25, 0.3) is 11.1 Å². The number of fused-ring (bicyclic) bond motifs is 1. The normalized spacial score (nSPS) is 12.7. The fourth-order valence-electron chi connectivity index (χ4n) is 3.93. The summed E-state index contributed by atoms with van der Waals surface area (Å²) in [6, 6.07) is 18.1. The lowest BCUT2D eigenvalue weighted by atomic mass is 9.98. The molecule has 0 aliphatic carbocycles. The average molecular weight is 399 g/mol. The lowest BCUT2D eigenvalue weighted by molar-refractivity contribution is -0.118. The highest BCUT2D eigenvalue weighted by Gasteiger charge is 2.23. The molecular formula is C26H26N2O2. The number of nitrogens with zero attached hydrogens (tertiary/aromatic N) is 2. The van der Waals surface area contributed by atoms with Crippen molar-refractivity contribution in [3.05, 3.63) is 83.2 Å². The Bertz CT molecular complexity index is 1070. The van der Waals surface area contributed by atoms with Gasteiger partial charge in [0.1, 0.15) is 0 Å². The van der Waals surface area contributed by atoms with E-state index in [4.69, 9.17) is 0 Å². The molecule has 30 heavy (non-hydrogen) atoms. The number of carbonyl (C=O) groups excluding carboxylic acids is 2. The summed E-state index contributed by atoms with van der Waals surface area (Å²) in [7, 11) is 0. The number of hydrogen-bond acceptors (Lipinski definition) is 3. The van der Waals surface area contributed by atoms with Gasteiger partial charge in [-0.2, -0.15) is 0 Å². The van der Waals surface area contributed by atoms with Crippen molar-refractivity contribution in [3.8, 4) is 11.1 Å². The first-order valence-electron chi connectivity index (χ1n) is 10.5. The quantitative estimate of drug-likeness (QED) is 0.538. The molecule has 0 fully saturated rings. The fraction of sp³-hybridized carbons (Fsp3) is 0.269. The van der Waals surface area contributed by atoms with Crippen molar-refractivity contribution in [2.75, 3.05) is 11.4 Å². The Morgan fingerprint density at radius 1 is 1.00 bits per heavy atom. The summed E-state index contributed by atoms with van der Waals surface area (Å²) in [4.78, 5) is 30.8. The topological polar surface area (TPSA) is 50.3 Å². The van der Waals surface area contributed by atoms with Crippen molar-refractivity contribution in [1.29, 1.82) is 0 Å². The number of rotatable bonds is 6. The number of aromatic nitrogens is 1. The first-order chi connectivity index (χ1) is 14.5. The number of ketones is 1. The van der Waals surface area contributed by atoms with Crippen LogP contribution in [0.1, 0.15) is 46.9 Å². The number of carbonyl (C=O) groups is 2. The Labute approximate surface area is 177 Å². The lowest BCUT2D eigenvalue weighted by Crippen LogP contribution is -2.27. The molecule has 0 N–H and O–H groups in total. The average Bonchev–Trinajstić information content (AvgIpc) is 3.21. The summed E-state index contributed by atoms with van der Waals surface area (Å²) in [6.07, 6.45) is 4.43. The number of aryl methyl sites for hydroxylation is 2. The third kappa shape index (κ3) is 4.18. The van der Waals surface area contributed by atoms with E-state index in [-0.39, 0.29) is 11.7 Å². The van der Waals surface area contributed by atoms with Crippen LogP contribution in [0, 0.1) is 6.92 Å². The van der Waals surface area contributed by atoms with Gasteiger partial charge in [0, 0.05) is 42.5 Å². The van der Waals surface area contributed by atoms with Gasteiger partial charge >= 0.3 is 0 Å². The van der Waals surface area contributed by atoms with Gasteiger partial charge in [-0.3, -0.25) is 14.6 Å². The molecule has 3 aromatic rings. The van der Waals surface area contributed by atoms with E-state index in [1.807, 2.05) is 67.4 Å². The molecule has 0 spiro atoms. The van der Waals surface area contributed by atoms with Crippen LogP contribution in [-0.2, 0) is 17.6 Å². The van der Waals surface area contributed by atoms with Gasteiger partial charge in [-0.25, -0.2) is 0 Å². The number of Topliss-reactive ketones (excluding diaryl/α,β-unsaturated/α-hetero) is 1. The molecule has 4 heteroatoms. The van der Waals surface area contributed by atoms with Crippen molar-refractivity contribution in [3.63, 3.8) is 0 Å². The number of anilines is 1. The van der Waals surface area contributed by atoms with Crippen molar-refractivity contribution >= 4 is 17.4 Å². The van der Waals surface area contributed by atoms with Gasteiger partial charge in [-0.15, -0.1) is 0 Å². The van der Waals surface area contributed by atoms with Crippen LogP contribution in [-0.4, -0.2) is 23.2 Å². The van der Waals surface area contributed by atoms with E-state index in [0.717, 1.165) is 46.6 Å². The van der Waals surface area contributed by atoms with Gasteiger partial charge in [-0.05, 0) is 60.2 Å². The second-order valence-electron chi connectivity index (χ2n) is 7.80. The molecule has 0 saturated carbocycles. The summed E-state index contributed by atoms with van der Waals surface area (Å²) in [5, 5.41) is 0. The Morgan fingerprint density at radius 2 is 1.77 bits per heavy atom. The van der Waals surface area contributed by atoms with Crippen LogP contribution in [0.4, 0.5) is 5.69 Å². The maximum Gasteiger partial charge on any atom is 0.226 e. The minimum atomic E-state index is 0.143. The van der Waals surface area contributed by atoms with Gasteiger partial charge < -0.3 is 4.90 Å². The van der Waals surface area contributed by atoms with E-state index in [1.165, 1.54) is 5.56 Å². The molecule has 1 amide bonds. The van der Waals surface area contributed by atoms with Crippen LogP contribution in [0.15, 0.2) is 60.8 Å². The van der Waals surface area contributed by atoms with E-state index in [2.05, 4.69) is 17.1 Å². The summed E-state index contributed by atoms with van der Waals surface area (Å²) in [5.41, 5.74) is 7.24. The molecule has 2 aromatic carbocycles. The first-order valence-corrected chi connectivity index (χ1v) is 10.5. The molecule has 0 atom stereocenters. The number of amides is 1. The molecule has 0 bridgehead atoms. The van der Waals surface area contributed by atoms with Crippen molar-refractivity contribution in [1.82, 2.24) is 4.98 Å². The Morgan fingerprint density at radius 3 is 2.47 bits per heavy atom. The highest BCUT2D eigenvalue weighted by molar-refractivity contribution is 5.97. The molecule has 1 aromatic heterocycles. The molecular weight excluding hydrogens is 372 g/mol. The van der Waals surface area contributed by atoms with Gasteiger partial charge in [0.05, 0.1) is 0 Å². The maximum absolute atomic E-state index is 12.6. The summed E-state index contributed by atoms with van der Waals surface area (Å²) in [6.45, 7) is 4.61. The van der Waals surface area contributed by atoms with E-state index >= 15 is 0 Å². The molecule has 0 saturated heterocycles. The van der Waals surface area contributed by atoms with Crippen LogP contribution < -0.4 is 4.90 Å². The van der Waals surface area contributed by atoms with Gasteiger partial charge in [0.25, 0.3) is 0 Å². The Balaban J connectivity index is 1.44. The van der Waals surface area contributed by atoms with Gasteiger partial charge in [0.15, 0.2) is 5.78 Å². The third-order valence-electron chi connectivity index (χ3n) is 5.73. The molecule has 0 radical (unpaired) electrons. The minimum absolute atomic E-state index is 0.143. The van der Waals surface area contributed by atoms with Crippen LogP contribution in [0.5, 0.6) is 0 Å². The standard InChI is InChI=1S/C26H26N2O2/c1-3-26(30)28-15-14-23-16-22(11-12-24(23)28)20-7-9-21(10-8-20)25(29)13-6-19-5-4-18(2)27-17-19/h4-5,7-12,16-17H,3,6,13-15H2,1-2H3. The van der Waals surface area contributed by atoms with E-state index in [9.17, 15) is 9.59 Å². The maximum atomic E-state index is 12.6. The predicted octanol–water partition coefficient (Wildman–Crippen LogP) is 5.17. The highest BCUT2D eigenvalue weighted by Crippen LogP contribution is 2.33. The summed E-state index contributed by atoms with van der Waals surface area (Å²) >= 11 is 0. The summed E-state index contributed by atoms with van der Waals surface area (Å²) < 4.78 is 0. The van der Waals surface area contributed by atoms with Crippen LogP contribution >= 0.6 is 0 Å². The Hall–Kier alpha value is -3.27. The minimum Gasteiger partial charge on any atom is -0.312 e. The number of pyridine rings is 1.